The van der Waals surface area contributed by atoms with E-state index in [2.05, 4.69) is 0 Å². The summed E-state index contributed by atoms with van der Waals surface area (Å²) in [6.45, 7) is 1.93. The van der Waals surface area contributed by atoms with Crippen molar-refractivity contribution < 1.29 is 23.4 Å². The first-order valence-corrected chi connectivity index (χ1v) is 12.0. The molecule has 5 nitrogen and oxygen atoms in total. The van der Waals surface area contributed by atoms with Gasteiger partial charge in [0.2, 0.25) is 0 Å². The fraction of sp³-hybridized carbons (Fsp3) is 0.200. The number of hydrogen-bond donors (Lipinski definition) is 1. The SMILES string of the molecule is C[C@H](Oc1cccc(CCCn2cc(C(c3ccc(F)cc3)c3ccc(F)cc3)ccc2=O)c1)C(=O)O. The van der Waals surface area contributed by atoms with Gasteiger partial charge in [-0.1, -0.05) is 42.5 Å². The third-order valence-corrected chi connectivity index (χ3v) is 6.17. The maximum atomic E-state index is 13.6. The molecular weight excluding hydrogens is 476 g/mol. The average Bonchev–Trinajstić information content (AvgIpc) is 2.88. The Kier molecular flexibility index (Phi) is 8.13. The van der Waals surface area contributed by atoms with Crippen molar-refractivity contribution in [2.24, 2.45) is 0 Å². The van der Waals surface area contributed by atoms with Crippen LogP contribution in [0, 0.1) is 11.6 Å². The van der Waals surface area contributed by atoms with E-state index < -0.39 is 12.1 Å². The van der Waals surface area contributed by atoms with Crippen molar-refractivity contribution in [2.75, 3.05) is 0 Å². The van der Waals surface area contributed by atoms with Crippen molar-refractivity contribution in [3.05, 3.63) is 135 Å². The molecule has 0 fully saturated rings. The van der Waals surface area contributed by atoms with Gasteiger partial charge in [0.15, 0.2) is 6.10 Å². The standard InChI is InChI=1S/C30H27F2NO4/c1-20(30(35)36)37-27-6-2-4-21(18-27)5-3-17-33-19-24(11-16-28(33)34)29(22-7-12-25(31)13-8-22)23-9-14-26(32)15-10-23/h2,4,6-16,18-20,29H,3,5,17H2,1H3,(H,35,36)/t20-/m0/s1. The number of aryl methyl sites for hydroxylation is 2. The zero-order valence-electron chi connectivity index (χ0n) is 20.3. The van der Waals surface area contributed by atoms with Crippen LogP contribution >= 0.6 is 0 Å². The quantitative estimate of drug-likeness (QED) is 0.297. The number of carboxylic acids is 1. The van der Waals surface area contributed by atoms with E-state index in [9.17, 15) is 18.4 Å². The zero-order chi connectivity index (χ0) is 26.4. The van der Waals surface area contributed by atoms with Crippen LogP contribution in [0.3, 0.4) is 0 Å². The first kappa shape index (κ1) is 25.8. The lowest BCUT2D eigenvalue weighted by molar-refractivity contribution is -0.144. The Morgan fingerprint density at radius 1 is 0.892 bits per heavy atom. The van der Waals surface area contributed by atoms with Crippen molar-refractivity contribution in [3.63, 3.8) is 0 Å². The van der Waals surface area contributed by atoms with E-state index in [0.29, 0.717) is 25.1 Å². The molecule has 0 saturated heterocycles. The number of benzene rings is 3. The second-order valence-corrected chi connectivity index (χ2v) is 8.88. The van der Waals surface area contributed by atoms with Gasteiger partial charge in [-0.3, -0.25) is 4.79 Å². The number of pyridine rings is 1. The summed E-state index contributed by atoms with van der Waals surface area (Å²) in [5, 5.41) is 9.05. The first-order valence-electron chi connectivity index (χ1n) is 12.0. The molecule has 37 heavy (non-hydrogen) atoms. The molecule has 0 aliphatic rings. The fourth-order valence-corrected chi connectivity index (χ4v) is 4.27. The predicted molar refractivity (Wildman–Crippen MR) is 137 cm³/mol. The molecule has 0 aliphatic carbocycles. The van der Waals surface area contributed by atoms with Crippen molar-refractivity contribution in [3.8, 4) is 5.75 Å². The monoisotopic (exact) mass is 503 g/mol. The summed E-state index contributed by atoms with van der Waals surface area (Å²) in [5.41, 5.74) is 3.30. The van der Waals surface area contributed by atoms with Gasteiger partial charge < -0.3 is 14.4 Å². The van der Waals surface area contributed by atoms with E-state index in [0.717, 1.165) is 22.3 Å². The Morgan fingerprint density at radius 3 is 2.08 bits per heavy atom. The summed E-state index contributed by atoms with van der Waals surface area (Å²) >= 11 is 0. The molecule has 190 valence electrons. The average molecular weight is 504 g/mol. The van der Waals surface area contributed by atoms with Crippen molar-refractivity contribution in [1.29, 1.82) is 0 Å². The lowest BCUT2D eigenvalue weighted by Crippen LogP contribution is -2.22. The Morgan fingerprint density at radius 2 is 1.49 bits per heavy atom. The van der Waals surface area contributed by atoms with Gasteiger partial charge in [-0.05, 0) is 78.4 Å². The number of nitrogens with zero attached hydrogens (tertiary/aromatic N) is 1. The molecule has 1 atom stereocenters. The van der Waals surface area contributed by atoms with Gasteiger partial charge in [-0.15, -0.1) is 0 Å². The molecule has 1 heterocycles. The van der Waals surface area contributed by atoms with Crippen molar-refractivity contribution >= 4 is 5.97 Å². The van der Waals surface area contributed by atoms with Crippen LogP contribution in [0.1, 0.15) is 41.5 Å². The minimum Gasteiger partial charge on any atom is -0.479 e. The lowest BCUT2D eigenvalue weighted by Gasteiger charge is -2.20. The molecule has 0 bridgehead atoms. The van der Waals surface area contributed by atoms with E-state index in [1.165, 1.54) is 37.3 Å². The summed E-state index contributed by atoms with van der Waals surface area (Å²) in [7, 11) is 0. The van der Waals surface area contributed by atoms with Crippen LogP contribution in [0.15, 0.2) is 95.9 Å². The third kappa shape index (κ3) is 6.70. The minimum atomic E-state index is -1.04. The van der Waals surface area contributed by atoms with E-state index >= 15 is 0 Å². The maximum absolute atomic E-state index is 13.6. The summed E-state index contributed by atoms with van der Waals surface area (Å²) in [6.07, 6.45) is 2.17. The number of halogens is 2. The maximum Gasteiger partial charge on any atom is 0.344 e. The highest BCUT2D eigenvalue weighted by atomic mass is 19.1. The van der Waals surface area contributed by atoms with E-state index in [4.69, 9.17) is 9.84 Å². The van der Waals surface area contributed by atoms with Gasteiger partial charge in [0.05, 0.1) is 0 Å². The molecular formula is C30H27F2NO4. The minimum absolute atomic E-state index is 0.145. The smallest absolute Gasteiger partial charge is 0.344 e. The second kappa shape index (κ2) is 11.6. The highest BCUT2D eigenvalue weighted by Crippen LogP contribution is 2.31. The van der Waals surface area contributed by atoms with Gasteiger partial charge >= 0.3 is 5.97 Å². The molecule has 7 heteroatoms. The Labute approximate surface area is 213 Å². The topological polar surface area (TPSA) is 68.5 Å². The molecule has 4 rings (SSSR count). The van der Waals surface area contributed by atoms with E-state index in [-0.39, 0.29) is 23.1 Å². The van der Waals surface area contributed by atoms with Crippen LogP contribution in [0.25, 0.3) is 0 Å². The summed E-state index contributed by atoms with van der Waals surface area (Å²) < 4.78 is 34.3. The molecule has 0 saturated carbocycles. The zero-order valence-corrected chi connectivity index (χ0v) is 20.3. The number of ether oxygens (including phenoxy) is 1. The molecule has 0 amide bonds. The molecule has 0 radical (unpaired) electrons. The van der Waals surface area contributed by atoms with Crippen LogP contribution in [0.4, 0.5) is 8.78 Å². The Bertz CT molecular complexity index is 1370. The number of carboxylic acid groups (broad SMARTS) is 1. The van der Waals surface area contributed by atoms with Crippen LogP contribution in [-0.2, 0) is 17.8 Å². The predicted octanol–water partition coefficient (Wildman–Crippen LogP) is 5.79. The van der Waals surface area contributed by atoms with Crippen LogP contribution in [0.5, 0.6) is 5.75 Å². The van der Waals surface area contributed by atoms with Gasteiger partial charge in [-0.25, -0.2) is 13.6 Å². The highest BCUT2D eigenvalue weighted by Gasteiger charge is 2.18. The molecule has 3 aromatic carbocycles. The molecule has 1 aromatic heterocycles. The number of aliphatic carboxylic acids is 1. The Balaban J connectivity index is 1.54. The molecule has 0 spiro atoms. The number of hydrogen-bond acceptors (Lipinski definition) is 3. The lowest BCUT2D eigenvalue weighted by atomic mass is 9.86. The van der Waals surface area contributed by atoms with Gasteiger partial charge in [0.25, 0.3) is 5.56 Å². The van der Waals surface area contributed by atoms with E-state index in [1.807, 2.05) is 12.1 Å². The molecule has 1 N–H and O–H groups in total. The second-order valence-electron chi connectivity index (χ2n) is 8.88. The van der Waals surface area contributed by atoms with Crippen LogP contribution in [-0.4, -0.2) is 21.7 Å². The van der Waals surface area contributed by atoms with E-state index in [1.54, 1.807) is 53.2 Å². The van der Waals surface area contributed by atoms with Crippen molar-refractivity contribution in [2.45, 2.75) is 38.3 Å². The van der Waals surface area contributed by atoms with Gasteiger partial charge in [0.1, 0.15) is 17.4 Å². The highest BCUT2D eigenvalue weighted by molar-refractivity contribution is 5.72. The normalized spacial score (nSPS) is 11.9. The third-order valence-electron chi connectivity index (χ3n) is 6.17. The molecule has 4 aromatic rings. The van der Waals surface area contributed by atoms with Gasteiger partial charge in [-0.2, -0.15) is 0 Å². The van der Waals surface area contributed by atoms with Crippen LogP contribution < -0.4 is 10.3 Å². The van der Waals surface area contributed by atoms with Crippen molar-refractivity contribution in [1.82, 2.24) is 4.57 Å². The number of aromatic nitrogens is 1. The Hall–Kier alpha value is -4.26. The summed E-state index contributed by atoms with van der Waals surface area (Å²) in [5.74, 6) is -1.56. The summed E-state index contributed by atoms with van der Waals surface area (Å²) in [4.78, 5) is 23.7. The number of carbonyl (C=O) groups is 1. The largest absolute Gasteiger partial charge is 0.479 e. The molecule has 0 aliphatic heterocycles. The fourth-order valence-electron chi connectivity index (χ4n) is 4.27. The first-order chi connectivity index (χ1) is 17.8. The number of rotatable bonds is 10. The van der Waals surface area contributed by atoms with Crippen LogP contribution in [0.2, 0.25) is 0 Å². The van der Waals surface area contributed by atoms with Gasteiger partial charge in [0, 0.05) is 24.7 Å². The molecule has 0 unspecified atom stereocenters. The summed E-state index contributed by atoms with van der Waals surface area (Å²) in [6, 6.07) is 22.8.